The van der Waals surface area contributed by atoms with Crippen molar-refractivity contribution in [3.8, 4) is 0 Å². The molecule has 1 aromatic carbocycles. The van der Waals surface area contributed by atoms with Crippen LogP contribution in [0.4, 0.5) is 10.1 Å². The van der Waals surface area contributed by atoms with Gasteiger partial charge in [-0.2, -0.15) is 0 Å². The van der Waals surface area contributed by atoms with Crippen LogP contribution in [-0.2, 0) is 0 Å². The van der Waals surface area contributed by atoms with Crippen LogP contribution < -0.4 is 5.73 Å². The molecule has 4 nitrogen and oxygen atoms in total. The van der Waals surface area contributed by atoms with Crippen molar-refractivity contribution >= 4 is 18.1 Å². The molecule has 0 aliphatic heterocycles. The Morgan fingerprint density at radius 1 is 1.32 bits per heavy atom. The number of hydrogen-bond donors (Lipinski definition) is 1. The molecule has 1 saturated carbocycles. The Bertz CT molecular complexity index is 450. The van der Waals surface area contributed by atoms with Crippen LogP contribution in [0.15, 0.2) is 18.2 Å². The molecule has 1 atom stereocenters. The van der Waals surface area contributed by atoms with Gasteiger partial charge in [-0.05, 0) is 24.8 Å². The number of benzene rings is 1. The molecular weight excluding hydrogens is 271 g/mol. The lowest BCUT2D eigenvalue weighted by molar-refractivity contribution is -0.385. The van der Waals surface area contributed by atoms with Crippen molar-refractivity contribution < 1.29 is 9.31 Å². The second-order valence-corrected chi connectivity index (χ2v) is 4.89. The highest BCUT2D eigenvalue weighted by Crippen LogP contribution is 2.34. The lowest BCUT2D eigenvalue weighted by atomic mass is 9.81. The average molecular weight is 289 g/mol. The molecule has 0 aromatic heterocycles. The summed E-state index contributed by atoms with van der Waals surface area (Å²) in [5.41, 5.74) is 6.25. The number of rotatable bonds is 3. The monoisotopic (exact) mass is 288 g/mol. The number of nitro benzene ring substituents is 1. The molecule has 2 N–H and O–H groups in total. The van der Waals surface area contributed by atoms with Crippen molar-refractivity contribution in [1.82, 2.24) is 0 Å². The van der Waals surface area contributed by atoms with Gasteiger partial charge in [-0.3, -0.25) is 10.1 Å². The van der Waals surface area contributed by atoms with E-state index in [0.717, 1.165) is 31.7 Å². The average Bonchev–Trinajstić information content (AvgIpc) is 2.39. The summed E-state index contributed by atoms with van der Waals surface area (Å²) in [5.74, 6) is -0.214. The molecule has 6 heteroatoms. The van der Waals surface area contributed by atoms with Crippen LogP contribution in [0.25, 0.3) is 0 Å². The molecule has 0 saturated heterocycles. The van der Waals surface area contributed by atoms with Crippen LogP contribution in [0.5, 0.6) is 0 Å². The maximum atomic E-state index is 13.7. The molecule has 1 fully saturated rings. The Morgan fingerprint density at radius 2 is 1.95 bits per heavy atom. The predicted octanol–water partition coefficient (Wildman–Crippen LogP) is 3.74. The molecular formula is C13H18ClFN2O2. The van der Waals surface area contributed by atoms with E-state index in [9.17, 15) is 14.5 Å². The van der Waals surface area contributed by atoms with E-state index in [1.54, 1.807) is 0 Å². The van der Waals surface area contributed by atoms with Crippen molar-refractivity contribution in [3.63, 3.8) is 0 Å². The smallest absolute Gasteiger partial charge is 0.269 e. The zero-order valence-electron chi connectivity index (χ0n) is 10.5. The van der Waals surface area contributed by atoms with Gasteiger partial charge in [0.1, 0.15) is 5.82 Å². The molecule has 0 unspecified atom stereocenters. The van der Waals surface area contributed by atoms with Gasteiger partial charge in [0.05, 0.1) is 4.92 Å². The summed E-state index contributed by atoms with van der Waals surface area (Å²) in [4.78, 5) is 10.2. The fourth-order valence-electron chi connectivity index (χ4n) is 2.65. The van der Waals surface area contributed by atoms with E-state index < -0.39 is 16.8 Å². The van der Waals surface area contributed by atoms with Crippen LogP contribution in [0.1, 0.15) is 43.7 Å². The Balaban J connectivity index is 0.00000180. The molecule has 0 bridgehead atoms. The number of nitrogens with two attached hydrogens (primary N) is 1. The molecule has 1 aromatic rings. The first-order valence-corrected chi connectivity index (χ1v) is 6.29. The number of nitrogens with zero attached hydrogens (tertiary/aromatic N) is 1. The summed E-state index contributed by atoms with van der Waals surface area (Å²) in [6.45, 7) is 0. The topological polar surface area (TPSA) is 69.2 Å². The van der Waals surface area contributed by atoms with Gasteiger partial charge >= 0.3 is 0 Å². The zero-order valence-corrected chi connectivity index (χ0v) is 11.4. The summed E-state index contributed by atoms with van der Waals surface area (Å²) in [7, 11) is 0. The standard InChI is InChI=1S/C13H17FN2O2.ClH/c14-12-7-6-10(16(17)18)8-11(12)13(15)9-4-2-1-3-5-9;/h6-9,13H,1-5,15H2;1H/t13-;/m0./s1. The first-order valence-electron chi connectivity index (χ1n) is 6.29. The number of nitro groups is 1. The normalized spacial score (nSPS) is 17.6. The van der Waals surface area contributed by atoms with Crippen LogP contribution in [0.3, 0.4) is 0 Å². The Labute approximate surface area is 117 Å². The lowest BCUT2D eigenvalue weighted by Gasteiger charge is -2.27. The third-order valence-corrected chi connectivity index (χ3v) is 3.71. The number of halogens is 2. The Kier molecular flexibility index (Phi) is 5.69. The molecule has 2 rings (SSSR count). The lowest BCUT2D eigenvalue weighted by Crippen LogP contribution is -2.24. The zero-order chi connectivity index (χ0) is 13.1. The van der Waals surface area contributed by atoms with Gasteiger partial charge in [-0.25, -0.2) is 4.39 Å². The van der Waals surface area contributed by atoms with Gasteiger partial charge in [-0.15, -0.1) is 12.4 Å². The van der Waals surface area contributed by atoms with Crippen molar-refractivity contribution in [2.24, 2.45) is 11.7 Å². The minimum absolute atomic E-state index is 0. The highest BCUT2D eigenvalue weighted by molar-refractivity contribution is 5.85. The van der Waals surface area contributed by atoms with Gasteiger partial charge in [0.15, 0.2) is 0 Å². The van der Waals surface area contributed by atoms with E-state index in [1.807, 2.05) is 0 Å². The van der Waals surface area contributed by atoms with Crippen molar-refractivity contribution in [3.05, 3.63) is 39.7 Å². The minimum Gasteiger partial charge on any atom is -0.324 e. The molecule has 0 amide bonds. The maximum Gasteiger partial charge on any atom is 0.269 e. The summed E-state index contributed by atoms with van der Waals surface area (Å²) in [5, 5.41) is 10.7. The van der Waals surface area contributed by atoms with E-state index in [2.05, 4.69) is 0 Å². The summed E-state index contributed by atoms with van der Waals surface area (Å²) in [6.07, 6.45) is 5.36. The molecule has 1 aliphatic rings. The van der Waals surface area contributed by atoms with Gasteiger partial charge in [0.25, 0.3) is 5.69 Å². The van der Waals surface area contributed by atoms with E-state index >= 15 is 0 Å². The number of non-ortho nitro benzene ring substituents is 1. The SMILES string of the molecule is Cl.N[C@H](c1cc([N+](=O)[O-])ccc1F)C1CCCCC1. The van der Waals surface area contributed by atoms with E-state index in [0.29, 0.717) is 0 Å². The van der Waals surface area contributed by atoms with Crippen LogP contribution in [-0.4, -0.2) is 4.92 Å². The first kappa shape index (κ1) is 15.9. The molecule has 106 valence electrons. The molecule has 0 spiro atoms. The van der Waals surface area contributed by atoms with Gasteiger partial charge in [-0.1, -0.05) is 19.3 Å². The largest absolute Gasteiger partial charge is 0.324 e. The van der Waals surface area contributed by atoms with Gasteiger partial charge in [0, 0.05) is 23.7 Å². The molecule has 0 radical (unpaired) electrons. The summed E-state index contributed by atoms with van der Waals surface area (Å²) >= 11 is 0. The maximum absolute atomic E-state index is 13.7. The highest BCUT2D eigenvalue weighted by Gasteiger charge is 2.25. The van der Waals surface area contributed by atoms with Crippen molar-refractivity contribution in [2.75, 3.05) is 0 Å². The van der Waals surface area contributed by atoms with Crippen LogP contribution in [0.2, 0.25) is 0 Å². The molecule has 19 heavy (non-hydrogen) atoms. The summed E-state index contributed by atoms with van der Waals surface area (Å²) < 4.78 is 13.7. The quantitative estimate of drug-likeness (QED) is 0.680. The van der Waals surface area contributed by atoms with Gasteiger partial charge < -0.3 is 5.73 Å². The third kappa shape index (κ3) is 3.64. The Hall–Kier alpha value is -1.20. The fraction of sp³-hybridized carbons (Fsp3) is 0.538. The van der Waals surface area contributed by atoms with Crippen LogP contribution >= 0.6 is 12.4 Å². The highest BCUT2D eigenvalue weighted by atomic mass is 35.5. The molecule has 1 aliphatic carbocycles. The number of hydrogen-bond acceptors (Lipinski definition) is 3. The Morgan fingerprint density at radius 3 is 2.53 bits per heavy atom. The predicted molar refractivity (Wildman–Crippen MR) is 73.8 cm³/mol. The molecule has 0 heterocycles. The van der Waals surface area contributed by atoms with E-state index in [1.165, 1.54) is 18.6 Å². The second kappa shape index (κ2) is 6.82. The van der Waals surface area contributed by atoms with E-state index in [-0.39, 0.29) is 29.6 Å². The first-order chi connectivity index (χ1) is 8.59. The van der Waals surface area contributed by atoms with Crippen molar-refractivity contribution in [2.45, 2.75) is 38.1 Å². The van der Waals surface area contributed by atoms with Crippen molar-refractivity contribution in [1.29, 1.82) is 0 Å². The van der Waals surface area contributed by atoms with Crippen LogP contribution in [0, 0.1) is 21.8 Å². The third-order valence-electron chi connectivity index (χ3n) is 3.71. The van der Waals surface area contributed by atoms with E-state index in [4.69, 9.17) is 5.73 Å². The van der Waals surface area contributed by atoms with Gasteiger partial charge in [0.2, 0.25) is 0 Å². The second-order valence-electron chi connectivity index (χ2n) is 4.89. The summed E-state index contributed by atoms with van der Waals surface area (Å²) in [6, 6.07) is 3.14. The fourth-order valence-corrected chi connectivity index (χ4v) is 2.65. The minimum atomic E-state index is -0.517.